The second-order valence-electron chi connectivity index (χ2n) is 3.46. The molecule has 0 aliphatic rings. The van der Waals surface area contributed by atoms with Crippen LogP contribution in [0, 0.1) is 11.3 Å². The Balaban J connectivity index is 3.14. The van der Waals surface area contributed by atoms with Crippen LogP contribution in [0.4, 0.5) is 8.78 Å². The van der Waals surface area contributed by atoms with E-state index in [1.807, 2.05) is 0 Å². The van der Waals surface area contributed by atoms with Gasteiger partial charge in [-0.05, 0) is 24.6 Å². The molecule has 0 heterocycles. The number of esters is 1. The van der Waals surface area contributed by atoms with E-state index in [-0.39, 0.29) is 34.6 Å². The van der Waals surface area contributed by atoms with E-state index in [1.54, 1.807) is 13.0 Å². The number of benzene rings is 1. The highest BCUT2D eigenvalue weighted by molar-refractivity contribution is 7.80. The smallest absolute Gasteiger partial charge is 0.310 e. The highest BCUT2D eigenvalue weighted by Crippen LogP contribution is 2.28. The number of rotatable bonds is 4. The number of hydrogen-bond donors (Lipinski definition) is 1. The molecule has 0 fully saturated rings. The first-order valence-corrected chi connectivity index (χ1v) is 5.64. The number of alkyl halides is 2. The summed E-state index contributed by atoms with van der Waals surface area (Å²) in [5, 5.41) is 8.75. The van der Waals surface area contributed by atoms with Gasteiger partial charge < -0.3 is 4.74 Å². The molecule has 0 amide bonds. The van der Waals surface area contributed by atoms with Crippen molar-refractivity contribution in [2.45, 2.75) is 24.7 Å². The van der Waals surface area contributed by atoms with Crippen LogP contribution in [0.5, 0.6) is 0 Å². The van der Waals surface area contributed by atoms with Crippen molar-refractivity contribution >= 4 is 18.6 Å². The Hall–Kier alpha value is -1.61. The Labute approximate surface area is 109 Å². The molecule has 0 atom stereocenters. The first kappa shape index (κ1) is 14.5. The van der Waals surface area contributed by atoms with Gasteiger partial charge in [0.15, 0.2) is 0 Å². The van der Waals surface area contributed by atoms with Gasteiger partial charge in [-0.15, -0.1) is 12.6 Å². The lowest BCUT2D eigenvalue weighted by molar-refractivity contribution is -0.142. The van der Waals surface area contributed by atoms with E-state index in [0.29, 0.717) is 0 Å². The molecule has 0 saturated carbocycles. The molecule has 0 aliphatic heterocycles. The topological polar surface area (TPSA) is 50.1 Å². The Morgan fingerprint density at radius 1 is 1.56 bits per heavy atom. The van der Waals surface area contributed by atoms with Crippen LogP contribution in [0.2, 0.25) is 0 Å². The Kier molecular flexibility index (Phi) is 5.10. The predicted octanol–water partition coefficient (Wildman–Crippen LogP) is 2.89. The minimum Gasteiger partial charge on any atom is -0.466 e. The highest BCUT2D eigenvalue weighted by atomic mass is 32.1. The molecule has 96 valence electrons. The highest BCUT2D eigenvalue weighted by Gasteiger charge is 2.18. The lowest BCUT2D eigenvalue weighted by atomic mass is 10.0. The molecule has 6 heteroatoms. The van der Waals surface area contributed by atoms with Gasteiger partial charge in [0.05, 0.1) is 18.6 Å². The molecule has 18 heavy (non-hydrogen) atoms. The summed E-state index contributed by atoms with van der Waals surface area (Å²) in [6.07, 6.45) is -3.01. The zero-order chi connectivity index (χ0) is 13.7. The fourth-order valence-corrected chi connectivity index (χ4v) is 1.73. The predicted molar refractivity (Wildman–Crippen MR) is 63.7 cm³/mol. The number of thiol groups is 1. The van der Waals surface area contributed by atoms with Crippen molar-refractivity contribution in [2.75, 3.05) is 6.61 Å². The van der Waals surface area contributed by atoms with Crippen LogP contribution in [-0.2, 0) is 16.0 Å². The van der Waals surface area contributed by atoms with Crippen LogP contribution < -0.4 is 0 Å². The molecule has 0 unspecified atom stereocenters. The molecule has 0 saturated heterocycles. The minimum absolute atomic E-state index is 0.0567. The van der Waals surface area contributed by atoms with Gasteiger partial charge in [0.2, 0.25) is 0 Å². The summed E-state index contributed by atoms with van der Waals surface area (Å²) < 4.78 is 30.4. The van der Waals surface area contributed by atoms with E-state index in [0.717, 1.165) is 6.07 Å². The van der Waals surface area contributed by atoms with E-state index in [9.17, 15) is 13.6 Å². The number of hydrogen-bond acceptors (Lipinski definition) is 4. The van der Waals surface area contributed by atoms with Gasteiger partial charge >= 0.3 is 5.97 Å². The number of nitrogens with zero attached hydrogens (tertiary/aromatic N) is 1. The molecule has 3 nitrogen and oxygen atoms in total. The molecule has 0 aromatic heterocycles. The van der Waals surface area contributed by atoms with Crippen LogP contribution >= 0.6 is 12.6 Å². The minimum atomic E-state index is -2.75. The maximum absolute atomic E-state index is 12.8. The number of nitriles is 1. The fourth-order valence-electron chi connectivity index (χ4n) is 1.46. The van der Waals surface area contributed by atoms with Gasteiger partial charge in [0.1, 0.15) is 6.07 Å². The second-order valence-corrected chi connectivity index (χ2v) is 3.94. The standard InChI is InChI=1S/C12H11F2NO2S/c1-2-17-11(16)5-7-4-10(18)8(6-15)3-9(7)12(13)14/h3-4,12,18H,2,5H2,1H3. The summed E-state index contributed by atoms with van der Waals surface area (Å²) in [4.78, 5) is 11.6. The molecule has 0 aliphatic carbocycles. The summed E-state index contributed by atoms with van der Waals surface area (Å²) in [5.41, 5.74) is -0.147. The van der Waals surface area contributed by atoms with Gasteiger partial charge in [-0.2, -0.15) is 5.26 Å². The largest absolute Gasteiger partial charge is 0.466 e. The molecule has 0 N–H and O–H groups in total. The van der Waals surface area contributed by atoms with Crippen LogP contribution in [-0.4, -0.2) is 12.6 Å². The van der Waals surface area contributed by atoms with Crippen molar-refractivity contribution in [1.29, 1.82) is 5.26 Å². The normalized spacial score (nSPS) is 10.2. The molecule has 0 radical (unpaired) electrons. The van der Waals surface area contributed by atoms with Crippen molar-refractivity contribution in [3.63, 3.8) is 0 Å². The number of carbonyl (C=O) groups excluding carboxylic acids is 1. The first-order valence-electron chi connectivity index (χ1n) is 5.19. The van der Waals surface area contributed by atoms with Gasteiger partial charge in [0, 0.05) is 10.5 Å². The van der Waals surface area contributed by atoms with Gasteiger partial charge in [-0.3, -0.25) is 4.79 Å². The van der Waals surface area contributed by atoms with E-state index in [1.165, 1.54) is 6.07 Å². The Morgan fingerprint density at radius 3 is 2.72 bits per heavy atom. The van der Waals surface area contributed by atoms with Crippen LogP contribution in [0.15, 0.2) is 17.0 Å². The van der Waals surface area contributed by atoms with Gasteiger partial charge in [-0.1, -0.05) is 0 Å². The zero-order valence-corrected chi connectivity index (χ0v) is 10.5. The molecular formula is C12H11F2NO2S. The molecule has 0 bridgehead atoms. The average molecular weight is 271 g/mol. The van der Waals surface area contributed by atoms with Gasteiger partial charge in [-0.25, -0.2) is 8.78 Å². The first-order chi connectivity index (χ1) is 8.49. The number of carbonyl (C=O) groups is 1. The van der Waals surface area contributed by atoms with Crippen molar-refractivity contribution in [1.82, 2.24) is 0 Å². The van der Waals surface area contributed by atoms with Crippen molar-refractivity contribution in [2.24, 2.45) is 0 Å². The lowest BCUT2D eigenvalue weighted by Crippen LogP contribution is -2.10. The maximum atomic E-state index is 12.8. The van der Waals surface area contributed by atoms with Crippen LogP contribution in [0.25, 0.3) is 0 Å². The molecule has 1 rings (SSSR count). The van der Waals surface area contributed by atoms with E-state index in [4.69, 9.17) is 10.00 Å². The summed E-state index contributed by atoms with van der Waals surface area (Å²) in [6, 6.07) is 4.13. The zero-order valence-electron chi connectivity index (χ0n) is 9.61. The summed E-state index contributed by atoms with van der Waals surface area (Å²) in [6.45, 7) is 1.82. The third-order valence-electron chi connectivity index (χ3n) is 2.25. The third-order valence-corrected chi connectivity index (χ3v) is 2.62. The van der Waals surface area contributed by atoms with E-state index in [2.05, 4.69) is 12.6 Å². The number of halogens is 2. The van der Waals surface area contributed by atoms with Crippen molar-refractivity contribution in [3.8, 4) is 6.07 Å². The average Bonchev–Trinajstić information content (AvgIpc) is 2.29. The monoisotopic (exact) mass is 271 g/mol. The molecule has 1 aromatic rings. The lowest BCUT2D eigenvalue weighted by Gasteiger charge is -2.10. The van der Waals surface area contributed by atoms with E-state index < -0.39 is 12.4 Å². The quantitative estimate of drug-likeness (QED) is 0.676. The fraction of sp³-hybridized carbons (Fsp3) is 0.333. The molecular weight excluding hydrogens is 260 g/mol. The maximum Gasteiger partial charge on any atom is 0.310 e. The summed E-state index contributed by atoms with van der Waals surface area (Å²) in [7, 11) is 0. The van der Waals surface area contributed by atoms with Crippen molar-refractivity contribution < 1.29 is 18.3 Å². The number of ether oxygens (including phenoxy) is 1. The Bertz CT molecular complexity index is 498. The SMILES string of the molecule is CCOC(=O)Cc1cc(S)c(C#N)cc1C(F)F. The van der Waals surface area contributed by atoms with Gasteiger partial charge in [0.25, 0.3) is 6.43 Å². The second kappa shape index (κ2) is 6.36. The molecule has 1 aromatic carbocycles. The summed E-state index contributed by atoms with van der Waals surface area (Å²) in [5.74, 6) is -0.586. The van der Waals surface area contributed by atoms with Crippen LogP contribution in [0.1, 0.15) is 30.0 Å². The Morgan fingerprint density at radius 2 is 2.22 bits per heavy atom. The summed E-state index contributed by atoms with van der Waals surface area (Å²) >= 11 is 4.02. The molecule has 0 spiro atoms. The van der Waals surface area contributed by atoms with Crippen molar-refractivity contribution in [3.05, 3.63) is 28.8 Å². The van der Waals surface area contributed by atoms with E-state index >= 15 is 0 Å². The third kappa shape index (κ3) is 3.44. The van der Waals surface area contributed by atoms with Crippen LogP contribution in [0.3, 0.4) is 0 Å².